The fourth-order valence-electron chi connectivity index (χ4n) is 3.99. The Morgan fingerprint density at radius 3 is 2.43 bits per heavy atom. The van der Waals surface area contributed by atoms with Crippen LogP contribution < -0.4 is 10.6 Å². The molecular weight excluding hydrogens is 463 g/mol. The third kappa shape index (κ3) is 8.25. The van der Waals surface area contributed by atoms with E-state index in [1.807, 2.05) is 7.05 Å². The van der Waals surface area contributed by atoms with E-state index in [2.05, 4.69) is 65.0 Å². The number of rotatable bonds is 10. The van der Waals surface area contributed by atoms with Gasteiger partial charge < -0.3 is 20.3 Å². The van der Waals surface area contributed by atoms with Gasteiger partial charge in [0.15, 0.2) is 5.96 Å². The van der Waals surface area contributed by atoms with E-state index in [0.29, 0.717) is 11.5 Å². The van der Waals surface area contributed by atoms with Gasteiger partial charge >= 0.3 is 0 Å². The number of ether oxygens (including phenoxy) is 1. The molecule has 1 unspecified atom stereocenters. The lowest BCUT2D eigenvalue weighted by Crippen LogP contribution is -2.48. The third-order valence-corrected chi connectivity index (χ3v) is 5.90. The second-order valence-corrected chi connectivity index (χ2v) is 8.06. The van der Waals surface area contributed by atoms with Crippen molar-refractivity contribution in [3.05, 3.63) is 35.9 Å². The number of halogens is 1. The monoisotopic (exact) mass is 502 g/mol. The number of methoxy groups -OCH3 is 1. The van der Waals surface area contributed by atoms with Crippen LogP contribution >= 0.6 is 24.0 Å². The lowest BCUT2D eigenvalue weighted by atomic mass is 9.83. The molecule has 1 fully saturated rings. The van der Waals surface area contributed by atoms with Crippen molar-refractivity contribution in [3.63, 3.8) is 0 Å². The highest BCUT2D eigenvalue weighted by molar-refractivity contribution is 14.0. The van der Waals surface area contributed by atoms with Crippen LogP contribution in [-0.4, -0.2) is 64.9 Å². The Labute approximate surface area is 188 Å². The molecule has 1 aromatic carbocycles. The molecule has 0 saturated heterocycles. The molecule has 1 aromatic rings. The summed E-state index contributed by atoms with van der Waals surface area (Å²) >= 11 is 0. The molecule has 1 atom stereocenters. The zero-order valence-electron chi connectivity index (χ0n) is 18.0. The lowest BCUT2D eigenvalue weighted by molar-refractivity contribution is 0.138. The number of nitrogens with one attached hydrogen (secondary N) is 2. The summed E-state index contributed by atoms with van der Waals surface area (Å²) in [6, 6.07) is 11.1. The van der Waals surface area contributed by atoms with Crippen molar-refractivity contribution in [3.8, 4) is 0 Å². The first-order valence-electron chi connectivity index (χ1n) is 10.2. The molecule has 6 heteroatoms. The summed E-state index contributed by atoms with van der Waals surface area (Å²) in [6.45, 7) is 2.68. The van der Waals surface area contributed by atoms with Crippen molar-refractivity contribution in [2.75, 3.05) is 47.9 Å². The minimum atomic E-state index is 0. The number of hydrogen-bond acceptors (Lipinski definition) is 3. The Balaban J connectivity index is 0.00000392. The average Bonchev–Trinajstić information content (AvgIpc) is 3.15. The highest BCUT2D eigenvalue weighted by atomic mass is 127. The number of aliphatic imine (C=N–C) groups is 1. The summed E-state index contributed by atoms with van der Waals surface area (Å²) in [6.07, 6.45) is 7.38. The molecule has 1 saturated carbocycles. The Bertz CT molecular complexity index is 559. The van der Waals surface area contributed by atoms with Gasteiger partial charge in [-0.15, -0.1) is 24.0 Å². The number of hydrogen-bond donors (Lipinski definition) is 2. The van der Waals surface area contributed by atoms with Gasteiger partial charge in [0.1, 0.15) is 0 Å². The van der Waals surface area contributed by atoms with E-state index in [1.54, 1.807) is 7.11 Å². The molecule has 2 N–H and O–H groups in total. The largest absolute Gasteiger partial charge is 0.385 e. The van der Waals surface area contributed by atoms with Crippen LogP contribution in [0.2, 0.25) is 0 Å². The molecule has 0 spiro atoms. The van der Waals surface area contributed by atoms with Crippen molar-refractivity contribution in [2.45, 2.75) is 44.6 Å². The van der Waals surface area contributed by atoms with Crippen LogP contribution in [-0.2, 0) is 11.2 Å². The molecule has 1 aliphatic carbocycles. The van der Waals surface area contributed by atoms with E-state index in [-0.39, 0.29) is 24.0 Å². The topological polar surface area (TPSA) is 48.9 Å². The fourth-order valence-corrected chi connectivity index (χ4v) is 3.99. The molecule has 0 aromatic heterocycles. The first-order valence-corrected chi connectivity index (χ1v) is 10.2. The van der Waals surface area contributed by atoms with Crippen LogP contribution in [0.25, 0.3) is 0 Å². The van der Waals surface area contributed by atoms with Crippen molar-refractivity contribution in [2.24, 2.45) is 10.4 Å². The quantitative estimate of drug-likeness (QED) is 0.292. The number of likely N-dealkylation sites (N-methyl/N-ethyl adjacent to an activating group) is 1. The maximum atomic E-state index is 5.34. The predicted molar refractivity (Wildman–Crippen MR) is 130 cm³/mol. The second-order valence-electron chi connectivity index (χ2n) is 8.06. The molecule has 0 radical (unpaired) electrons. The maximum absolute atomic E-state index is 5.34. The van der Waals surface area contributed by atoms with Gasteiger partial charge in [-0.1, -0.05) is 43.2 Å². The zero-order valence-corrected chi connectivity index (χ0v) is 20.4. The lowest BCUT2D eigenvalue weighted by Gasteiger charge is -2.31. The predicted octanol–water partition coefficient (Wildman–Crippen LogP) is 3.54. The van der Waals surface area contributed by atoms with Crippen molar-refractivity contribution < 1.29 is 4.74 Å². The molecule has 5 nitrogen and oxygen atoms in total. The normalized spacial score (nSPS) is 17.2. The van der Waals surface area contributed by atoms with E-state index in [0.717, 1.165) is 38.5 Å². The Morgan fingerprint density at radius 2 is 1.86 bits per heavy atom. The maximum Gasteiger partial charge on any atom is 0.191 e. The van der Waals surface area contributed by atoms with Gasteiger partial charge in [0.25, 0.3) is 0 Å². The van der Waals surface area contributed by atoms with Crippen LogP contribution in [0.15, 0.2) is 35.3 Å². The van der Waals surface area contributed by atoms with E-state index < -0.39 is 0 Å². The molecule has 2 rings (SSSR count). The zero-order chi connectivity index (χ0) is 19.5. The van der Waals surface area contributed by atoms with E-state index >= 15 is 0 Å². The Morgan fingerprint density at radius 1 is 1.18 bits per heavy atom. The van der Waals surface area contributed by atoms with Crippen LogP contribution in [0.1, 0.15) is 37.7 Å². The van der Waals surface area contributed by atoms with Crippen molar-refractivity contribution in [1.82, 2.24) is 15.5 Å². The number of benzene rings is 1. The van der Waals surface area contributed by atoms with Gasteiger partial charge in [-0.2, -0.15) is 0 Å². The molecule has 1 aliphatic rings. The summed E-state index contributed by atoms with van der Waals surface area (Å²) in [4.78, 5) is 6.73. The Hall–Kier alpha value is -0.860. The minimum Gasteiger partial charge on any atom is -0.385 e. The van der Waals surface area contributed by atoms with Gasteiger partial charge in [0, 0.05) is 39.9 Å². The van der Waals surface area contributed by atoms with Gasteiger partial charge in [-0.05, 0) is 50.8 Å². The highest BCUT2D eigenvalue weighted by Crippen LogP contribution is 2.40. The van der Waals surface area contributed by atoms with E-state index in [4.69, 9.17) is 4.74 Å². The summed E-state index contributed by atoms with van der Waals surface area (Å²) in [5.41, 5.74) is 1.73. The summed E-state index contributed by atoms with van der Waals surface area (Å²) in [5.74, 6) is 0.901. The Kier molecular flexibility index (Phi) is 12.0. The molecule has 160 valence electrons. The third-order valence-electron chi connectivity index (χ3n) is 5.90. The van der Waals surface area contributed by atoms with Crippen molar-refractivity contribution in [1.29, 1.82) is 0 Å². The number of nitrogens with zero attached hydrogens (tertiary/aromatic N) is 2. The first-order chi connectivity index (χ1) is 13.1. The SMILES string of the molecule is CN=C(NCC(Cc1ccccc1)N(C)C)NCC1(CCOC)CCCC1.I. The van der Waals surface area contributed by atoms with Crippen LogP contribution in [0.5, 0.6) is 0 Å². The van der Waals surface area contributed by atoms with E-state index in [9.17, 15) is 0 Å². The summed E-state index contributed by atoms with van der Waals surface area (Å²) < 4.78 is 5.34. The van der Waals surface area contributed by atoms with Crippen LogP contribution in [0.4, 0.5) is 0 Å². The van der Waals surface area contributed by atoms with Crippen LogP contribution in [0, 0.1) is 5.41 Å². The fraction of sp³-hybridized carbons (Fsp3) is 0.682. The molecule has 0 amide bonds. The van der Waals surface area contributed by atoms with Crippen LogP contribution in [0.3, 0.4) is 0 Å². The summed E-state index contributed by atoms with van der Waals surface area (Å²) in [7, 11) is 7.94. The molecule has 0 aliphatic heterocycles. The number of guanidine groups is 1. The van der Waals surface area contributed by atoms with E-state index in [1.165, 1.54) is 31.2 Å². The average molecular weight is 502 g/mol. The minimum absolute atomic E-state index is 0. The highest BCUT2D eigenvalue weighted by Gasteiger charge is 2.33. The van der Waals surface area contributed by atoms with Gasteiger partial charge in [-0.3, -0.25) is 4.99 Å². The van der Waals surface area contributed by atoms with Gasteiger partial charge in [0.05, 0.1) is 0 Å². The first kappa shape index (κ1) is 25.2. The molecule has 28 heavy (non-hydrogen) atoms. The standard InChI is InChI=1S/C22H38N4O.HI/c1-23-21(25-18-22(14-15-27-4)12-8-9-13-22)24-17-20(26(2)3)16-19-10-6-5-7-11-19;/h5-7,10-11,20H,8-9,12-18H2,1-4H3,(H2,23,24,25);1H. The molecule has 0 heterocycles. The second kappa shape index (κ2) is 13.4. The summed E-state index contributed by atoms with van der Waals surface area (Å²) in [5, 5.41) is 7.12. The van der Waals surface area contributed by atoms with Crippen molar-refractivity contribution >= 4 is 29.9 Å². The van der Waals surface area contributed by atoms with Gasteiger partial charge in [-0.25, -0.2) is 0 Å². The molecule has 0 bridgehead atoms. The van der Waals surface area contributed by atoms with Gasteiger partial charge in [0.2, 0.25) is 0 Å². The smallest absolute Gasteiger partial charge is 0.191 e. The molecular formula is C22H39IN4O.